The van der Waals surface area contributed by atoms with Crippen molar-refractivity contribution in [2.24, 2.45) is 11.8 Å². The number of fused-ring (bicyclic) bond motifs is 1. The zero-order chi connectivity index (χ0) is 26.5. The van der Waals surface area contributed by atoms with Crippen LogP contribution in [-0.4, -0.2) is 60.0 Å². The lowest BCUT2D eigenvalue weighted by Crippen LogP contribution is -2.33. The number of hydrogen-bond acceptors (Lipinski definition) is 8. The highest BCUT2D eigenvalue weighted by atomic mass is 32.1. The van der Waals surface area contributed by atoms with Crippen molar-refractivity contribution in [3.63, 3.8) is 0 Å². The van der Waals surface area contributed by atoms with E-state index in [1.165, 1.54) is 17.7 Å². The van der Waals surface area contributed by atoms with Gasteiger partial charge in [0.2, 0.25) is 0 Å². The summed E-state index contributed by atoms with van der Waals surface area (Å²) in [7, 11) is 4.11. The highest BCUT2D eigenvalue weighted by molar-refractivity contribution is 7.12. The predicted molar refractivity (Wildman–Crippen MR) is 150 cm³/mol. The van der Waals surface area contributed by atoms with Crippen molar-refractivity contribution in [2.75, 3.05) is 33.8 Å². The zero-order valence-electron chi connectivity index (χ0n) is 22.7. The molecule has 2 aliphatic rings. The lowest BCUT2D eigenvalue weighted by Gasteiger charge is -2.31. The largest absolute Gasteiger partial charge is 0.493 e. The van der Waals surface area contributed by atoms with E-state index in [1.807, 2.05) is 6.07 Å². The number of nitriles is 1. The number of rotatable bonds is 10. The Hall–Kier alpha value is -2.44. The van der Waals surface area contributed by atoms with Crippen molar-refractivity contribution in [1.82, 2.24) is 15.0 Å². The van der Waals surface area contributed by atoms with Gasteiger partial charge in [0.1, 0.15) is 16.7 Å². The molecule has 0 bridgehead atoms. The Balaban J connectivity index is 1.19. The molecule has 2 aromatic heterocycles. The van der Waals surface area contributed by atoms with Gasteiger partial charge in [0.15, 0.2) is 5.58 Å². The van der Waals surface area contributed by atoms with Crippen LogP contribution in [0.15, 0.2) is 28.8 Å². The quantitative estimate of drug-likeness (QED) is 0.361. The summed E-state index contributed by atoms with van der Waals surface area (Å²) in [6.45, 7) is 4.42. The number of ether oxygens (including phenoxy) is 1. The van der Waals surface area contributed by atoms with Crippen LogP contribution in [0.3, 0.4) is 0 Å². The van der Waals surface area contributed by atoms with Gasteiger partial charge in [-0.3, -0.25) is 4.90 Å². The molecule has 7 nitrogen and oxygen atoms in total. The van der Waals surface area contributed by atoms with Gasteiger partial charge in [-0.15, -0.1) is 11.3 Å². The third-order valence-corrected chi connectivity index (χ3v) is 9.19. The maximum Gasteiger partial charge on any atom is 0.175 e. The molecule has 2 fully saturated rings. The van der Waals surface area contributed by atoms with Crippen molar-refractivity contribution in [3.05, 3.63) is 45.3 Å². The van der Waals surface area contributed by atoms with Crippen LogP contribution < -0.4 is 4.74 Å². The molecule has 0 spiro atoms. The molecule has 1 N–H and O–H groups in total. The summed E-state index contributed by atoms with van der Waals surface area (Å²) in [6, 6.07) is 10.4. The maximum atomic E-state index is 10.4. The summed E-state index contributed by atoms with van der Waals surface area (Å²) in [4.78, 5) is 6.71. The van der Waals surface area contributed by atoms with Crippen molar-refractivity contribution in [2.45, 2.75) is 70.6 Å². The fraction of sp³-hybridized carbons (Fsp3) is 0.600. The van der Waals surface area contributed by atoms with Crippen LogP contribution in [0, 0.1) is 23.2 Å². The van der Waals surface area contributed by atoms with Crippen molar-refractivity contribution in [3.8, 4) is 11.8 Å². The molecule has 5 rings (SSSR count). The van der Waals surface area contributed by atoms with E-state index in [4.69, 9.17) is 14.5 Å². The average molecular weight is 537 g/mol. The lowest BCUT2D eigenvalue weighted by molar-refractivity contribution is 0.0419. The molecule has 0 amide bonds. The van der Waals surface area contributed by atoms with Crippen LogP contribution in [0.1, 0.15) is 66.0 Å². The Bertz CT molecular complexity index is 1240. The van der Waals surface area contributed by atoms with Gasteiger partial charge in [0.25, 0.3) is 0 Å². The van der Waals surface area contributed by atoms with E-state index in [2.05, 4.69) is 53.3 Å². The van der Waals surface area contributed by atoms with Crippen molar-refractivity contribution in [1.29, 1.82) is 5.26 Å². The molecule has 1 aromatic carbocycles. The molecule has 3 aromatic rings. The summed E-state index contributed by atoms with van der Waals surface area (Å²) in [6.07, 6.45) is 8.34. The second kappa shape index (κ2) is 12.6. The van der Waals surface area contributed by atoms with Gasteiger partial charge in [0.05, 0.1) is 24.0 Å². The normalized spacial score (nSPS) is 21.2. The number of likely N-dealkylation sites (tertiary alicyclic amines) is 1. The molecular weight excluding hydrogens is 496 g/mol. The second-order valence-electron chi connectivity index (χ2n) is 11.3. The third kappa shape index (κ3) is 6.58. The predicted octanol–water partition coefficient (Wildman–Crippen LogP) is 5.60. The van der Waals surface area contributed by atoms with Gasteiger partial charge >= 0.3 is 0 Å². The molecule has 1 saturated heterocycles. The van der Waals surface area contributed by atoms with Crippen LogP contribution in [0.4, 0.5) is 0 Å². The summed E-state index contributed by atoms with van der Waals surface area (Å²) in [5, 5.41) is 25.0. The number of nitrogens with zero attached hydrogens (tertiary/aromatic N) is 4. The number of benzene rings is 1. The molecule has 0 radical (unpaired) electrons. The smallest absolute Gasteiger partial charge is 0.175 e. The molecule has 1 aliphatic heterocycles. The summed E-state index contributed by atoms with van der Waals surface area (Å²) < 4.78 is 12.2. The number of piperidine rings is 1. The van der Waals surface area contributed by atoms with E-state index in [-0.39, 0.29) is 12.0 Å². The molecule has 8 heteroatoms. The molecule has 2 unspecified atom stereocenters. The number of hydrogen-bond donors (Lipinski definition) is 1. The first-order chi connectivity index (χ1) is 18.5. The molecular formula is C30H40N4O3S. The highest BCUT2D eigenvalue weighted by Crippen LogP contribution is 2.34. The first kappa shape index (κ1) is 27.1. The monoisotopic (exact) mass is 536 g/mol. The Morgan fingerprint density at radius 2 is 1.97 bits per heavy atom. The van der Waals surface area contributed by atoms with E-state index >= 15 is 0 Å². The molecule has 3 heterocycles. The van der Waals surface area contributed by atoms with Gasteiger partial charge in [-0.2, -0.15) is 5.26 Å². The fourth-order valence-corrected chi connectivity index (χ4v) is 6.82. The number of aryl methyl sites for hydroxylation is 1. The standard InChI is InChI=1S/C30H40N4O3S/c1-33(2)19-26-29(36-20-22-5-3-4-6-28(22)35)12-10-25-27(32-37-30(25)26)11-7-21-13-15-34(16-14-21)18-24-9-8-23(17-31)38-24/h8-10,12,21-22,28,35H,3-7,11,13-16,18-20H2,1-2H3. The number of aliphatic hydroxyl groups excluding tert-OH is 1. The van der Waals surface area contributed by atoms with Crippen LogP contribution in [0.2, 0.25) is 0 Å². The highest BCUT2D eigenvalue weighted by Gasteiger charge is 2.25. The van der Waals surface area contributed by atoms with Crippen LogP contribution in [-0.2, 0) is 19.5 Å². The Morgan fingerprint density at radius 3 is 2.71 bits per heavy atom. The SMILES string of the molecule is CN(C)Cc1c(OCC2CCCCC2O)ccc2c(CCC3CCN(Cc4ccc(C#N)s4)CC3)noc12. The second-order valence-corrected chi connectivity index (χ2v) is 12.5. The minimum absolute atomic E-state index is 0.198. The number of aliphatic hydroxyl groups is 1. The first-order valence-corrected chi connectivity index (χ1v) is 14.9. The van der Waals surface area contributed by atoms with Crippen LogP contribution in [0.25, 0.3) is 11.0 Å². The van der Waals surface area contributed by atoms with E-state index in [0.717, 1.165) is 91.0 Å². The van der Waals surface area contributed by atoms with Crippen molar-refractivity contribution >= 4 is 22.3 Å². The Morgan fingerprint density at radius 1 is 1.16 bits per heavy atom. The molecule has 1 saturated carbocycles. The topological polar surface area (TPSA) is 85.8 Å². The van der Waals surface area contributed by atoms with E-state index < -0.39 is 0 Å². The Labute approximate surface area is 230 Å². The zero-order valence-corrected chi connectivity index (χ0v) is 23.5. The molecule has 1 aliphatic carbocycles. The summed E-state index contributed by atoms with van der Waals surface area (Å²) >= 11 is 1.61. The molecule has 2 atom stereocenters. The summed E-state index contributed by atoms with van der Waals surface area (Å²) in [5.41, 5.74) is 2.91. The minimum atomic E-state index is -0.263. The average Bonchev–Trinajstić information content (AvgIpc) is 3.55. The third-order valence-electron chi connectivity index (χ3n) is 8.22. The van der Waals surface area contributed by atoms with E-state index in [9.17, 15) is 5.11 Å². The van der Waals surface area contributed by atoms with E-state index in [0.29, 0.717) is 19.1 Å². The molecule has 38 heavy (non-hydrogen) atoms. The van der Waals surface area contributed by atoms with Gasteiger partial charge in [-0.25, -0.2) is 0 Å². The van der Waals surface area contributed by atoms with Crippen molar-refractivity contribution < 1.29 is 14.4 Å². The number of aromatic nitrogens is 1. The number of thiophene rings is 1. The van der Waals surface area contributed by atoms with Gasteiger partial charge in [0, 0.05) is 29.3 Å². The van der Waals surface area contributed by atoms with Gasteiger partial charge in [-0.05, 0) is 95.9 Å². The van der Waals surface area contributed by atoms with Crippen LogP contribution in [0.5, 0.6) is 5.75 Å². The van der Waals surface area contributed by atoms with E-state index in [1.54, 1.807) is 11.3 Å². The minimum Gasteiger partial charge on any atom is -0.493 e. The first-order valence-electron chi connectivity index (χ1n) is 14.1. The summed E-state index contributed by atoms with van der Waals surface area (Å²) in [5.74, 6) is 1.73. The Kier molecular flexibility index (Phi) is 9.01. The van der Waals surface area contributed by atoms with Crippen LogP contribution >= 0.6 is 11.3 Å². The van der Waals surface area contributed by atoms with Gasteiger partial charge in [-0.1, -0.05) is 18.0 Å². The lowest BCUT2D eigenvalue weighted by atomic mass is 9.87. The maximum absolute atomic E-state index is 10.4. The fourth-order valence-electron chi connectivity index (χ4n) is 5.97. The molecule has 204 valence electrons. The van der Waals surface area contributed by atoms with Gasteiger partial charge < -0.3 is 19.3 Å².